The number of ether oxygens (including phenoxy) is 1. The fourth-order valence-electron chi connectivity index (χ4n) is 3.32. The predicted molar refractivity (Wildman–Crippen MR) is 111 cm³/mol. The Labute approximate surface area is 171 Å². The van der Waals surface area contributed by atoms with Crippen LogP contribution in [0.3, 0.4) is 0 Å². The number of aromatic nitrogens is 2. The summed E-state index contributed by atoms with van der Waals surface area (Å²) in [4.78, 5) is 28.6. The van der Waals surface area contributed by atoms with E-state index in [0.717, 1.165) is 18.5 Å². The second-order valence-electron chi connectivity index (χ2n) is 8.23. The Hall–Kier alpha value is -3.03. The lowest BCUT2D eigenvalue weighted by molar-refractivity contribution is 0.0158. The molecule has 0 radical (unpaired) electrons. The summed E-state index contributed by atoms with van der Waals surface area (Å²) in [6.45, 7) is 6.64. The molecule has 1 aliphatic rings. The zero-order valence-corrected chi connectivity index (χ0v) is 17.5. The molecule has 3 rings (SSSR count). The van der Waals surface area contributed by atoms with Gasteiger partial charge >= 0.3 is 12.1 Å². The predicted octanol–water partition coefficient (Wildman–Crippen LogP) is 3.74. The number of rotatable bonds is 3. The van der Waals surface area contributed by atoms with Crippen molar-refractivity contribution < 1.29 is 14.3 Å². The smallest absolute Gasteiger partial charge is 0.410 e. The maximum Gasteiger partial charge on any atom is 0.410 e. The van der Waals surface area contributed by atoms with Crippen molar-refractivity contribution in [2.75, 3.05) is 25.5 Å². The molecule has 156 valence electrons. The Morgan fingerprint density at radius 3 is 2.69 bits per heavy atom. The lowest BCUT2D eigenvalue weighted by atomic mass is 10.1. The molecular formula is C21H29N5O3. The van der Waals surface area contributed by atoms with Gasteiger partial charge in [0.1, 0.15) is 5.60 Å². The summed E-state index contributed by atoms with van der Waals surface area (Å²) in [5, 5.41) is 7.23. The van der Waals surface area contributed by atoms with Crippen molar-refractivity contribution in [3.63, 3.8) is 0 Å². The zero-order chi connectivity index (χ0) is 21.0. The summed E-state index contributed by atoms with van der Waals surface area (Å²) in [6.07, 6.45) is 4.82. The first-order valence-electron chi connectivity index (χ1n) is 9.85. The van der Waals surface area contributed by atoms with Crippen LogP contribution < -0.4 is 5.32 Å². The van der Waals surface area contributed by atoms with Gasteiger partial charge in [0.2, 0.25) is 0 Å². The van der Waals surface area contributed by atoms with E-state index in [9.17, 15) is 9.59 Å². The molecule has 29 heavy (non-hydrogen) atoms. The molecule has 1 aliphatic heterocycles. The highest BCUT2D eigenvalue weighted by Crippen LogP contribution is 2.22. The quantitative estimate of drug-likeness (QED) is 0.853. The number of nitrogens with one attached hydrogen (secondary N) is 1. The number of carbonyl (C=O) groups excluding carboxylic acids is 2. The number of nitrogens with zero attached hydrogens (tertiary/aromatic N) is 4. The molecule has 1 unspecified atom stereocenters. The second kappa shape index (κ2) is 8.55. The lowest BCUT2D eigenvalue weighted by Gasteiger charge is -2.38. The van der Waals surface area contributed by atoms with Gasteiger partial charge in [0.15, 0.2) is 0 Å². The number of carbonyl (C=O) groups is 2. The summed E-state index contributed by atoms with van der Waals surface area (Å²) < 4.78 is 7.17. The molecule has 8 heteroatoms. The van der Waals surface area contributed by atoms with Gasteiger partial charge in [0.25, 0.3) is 0 Å². The van der Waals surface area contributed by atoms with E-state index >= 15 is 0 Å². The molecular weight excluding hydrogens is 370 g/mol. The number of urea groups is 1. The Balaban J connectivity index is 1.66. The molecule has 0 spiro atoms. The van der Waals surface area contributed by atoms with Crippen molar-refractivity contribution in [2.24, 2.45) is 0 Å². The van der Waals surface area contributed by atoms with Gasteiger partial charge in [-0.25, -0.2) is 14.3 Å². The van der Waals surface area contributed by atoms with Crippen molar-refractivity contribution >= 4 is 17.8 Å². The molecule has 2 heterocycles. The summed E-state index contributed by atoms with van der Waals surface area (Å²) in [7, 11) is 1.73. The van der Waals surface area contributed by atoms with Crippen molar-refractivity contribution in [1.29, 1.82) is 0 Å². The molecule has 8 nitrogen and oxygen atoms in total. The maximum atomic E-state index is 12.9. The molecule has 1 N–H and O–H groups in total. The third kappa shape index (κ3) is 5.28. The molecule has 0 aliphatic carbocycles. The van der Waals surface area contributed by atoms with Crippen LogP contribution in [0.1, 0.15) is 33.6 Å². The van der Waals surface area contributed by atoms with E-state index in [4.69, 9.17) is 4.74 Å². The monoisotopic (exact) mass is 399 g/mol. The van der Waals surface area contributed by atoms with Crippen molar-refractivity contribution in [3.05, 3.63) is 42.7 Å². The van der Waals surface area contributed by atoms with Gasteiger partial charge in [0, 0.05) is 32.5 Å². The van der Waals surface area contributed by atoms with Gasteiger partial charge in [-0.3, -0.25) is 0 Å². The summed E-state index contributed by atoms with van der Waals surface area (Å²) in [5.41, 5.74) is 0.932. The zero-order valence-electron chi connectivity index (χ0n) is 17.5. The van der Waals surface area contributed by atoms with Gasteiger partial charge in [-0.05, 0) is 51.8 Å². The highest BCUT2D eigenvalue weighted by Gasteiger charge is 2.31. The third-order valence-electron chi connectivity index (χ3n) is 4.81. The summed E-state index contributed by atoms with van der Waals surface area (Å²) >= 11 is 0. The molecule has 2 aromatic rings. The normalized spacial score (nSPS) is 17.0. The topological polar surface area (TPSA) is 79.7 Å². The van der Waals surface area contributed by atoms with E-state index in [1.165, 1.54) is 0 Å². The van der Waals surface area contributed by atoms with E-state index in [2.05, 4.69) is 10.4 Å². The number of hydrogen-bond donors (Lipinski definition) is 1. The van der Waals surface area contributed by atoms with Crippen LogP contribution in [0, 0.1) is 0 Å². The Morgan fingerprint density at radius 1 is 1.24 bits per heavy atom. The van der Waals surface area contributed by atoms with Crippen LogP contribution in [0.4, 0.5) is 15.3 Å². The second-order valence-corrected chi connectivity index (χ2v) is 8.23. The highest BCUT2D eigenvalue weighted by atomic mass is 16.6. The van der Waals surface area contributed by atoms with Crippen LogP contribution in [-0.4, -0.2) is 63.5 Å². The average Bonchev–Trinajstić information content (AvgIpc) is 3.21. The number of amides is 3. The average molecular weight is 399 g/mol. The molecule has 1 aromatic carbocycles. The molecule has 1 atom stereocenters. The van der Waals surface area contributed by atoms with Gasteiger partial charge in [0.05, 0.1) is 17.4 Å². The molecule has 1 fully saturated rings. The van der Waals surface area contributed by atoms with Crippen LogP contribution >= 0.6 is 0 Å². The van der Waals surface area contributed by atoms with Crippen molar-refractivity contribution in [1.82, 2.24) is 19.6 Å². The number of likely N-dealkylation sites (N-methyl/N-ethyl adjacent to an activating group) is 1. The number of likely N-dealkylation sites (tertiary alicyclic amines) is 1. The number of anilines is 1. The van der Waals surface area contributed by atoms with Gasteiger partial charge < -0.3 is 19.9 Å². The van der Waals surface area contributed by atoms with E-state index in [-0.39, 0.29) is 18.2 Å². The third-order valence-corrected chi connectivity index (χ3v) is 4.81. The molecule has 0 bridgehead atoms. The van der Waals surface area contributed by atoms with Gasteiger partial charge in [-0.15, -0.1) is 0 Å². The van der Waals surface area contributed by atoms with Crippen LogP contribution in [0.5, 0.6) is 0 Å². The SMILES string of the molecule is CN(C(=O)OC(C)(C)C)C1CCCN(C(=O)Nc2ccccc2-n2cccn2)C1. The van der Waals surface area contributed by atoms with Crippen LogP contribution in [-0.2, 0) is 4.74 Å². The summed E-state index contributed by atoms with van der Waals surface area (Å²) in [5.74, 6) is 0. The Bertz CT molecular complexity index is 844. The van der Waals surface area contributed by atoms with Gasteiger partial charge in [-0.1, -0.05) is 12.1 Å². The minimum atomic E-state index is -0.548. The fraction of sp³-hybridized carbons (Fsp3) is 0.476. The number of benzene rings is 1. The molecule has 1 saturated heterocycles. The maximum absolute atomic E-state index is 12.9. The molecule has 1 aromatic heterocycles. The number of para-hydroxylation sites is 2. The van der Waals surface area contributed by atoms with Crippen molar-refractivity contribution in [3.8, 4) is 5.69 Å². The number of hydrogen-bond acceptors (Lipinski definition) is 4. The fourth-order valence-corrected chi connectivity index (χ4v) is 3.32. The van der Waals surface area contributed by atoms with Crippen LogP contribution in [0.25, 0.3) is 5.69 Å². The number of piperidine rings is 1. The first kappa shape index (κ1) is 20.7. The summed E-state index contributed by atoms with van der Waals surface area (Å²) in [6, 6.07) is 9.09. The van der Waals surface area contributed by atoms with Crippen molar-refractivity contribution in [2.45, 2.75) is 45.3 Å². The van der Waals surface area contributed by atoms with Crippen LogP contribution in [0.15, 0.2) is 42.7 Å². The van der Waals surface area contributed by atoms with E-state index in [0.29, 0.717) is 18.8 Å². The van der Waals surface area contributed by atoms with E-state index in [1.807, 2.05) is 57.3 Å². The first-order valence-corrected chi connectivity index (χ1v) is 9.85. The largest absolute Gasteiger partial charge is 0.444 e. The van der Waals surface area contributed by atoms with Crippen LogP contribution in [0.2, 0.25) is 0 Å². The minimum absolute atomic E-state index is 0.0780. The Kier molecular flexibility index (Phi) is 6.10. The minimum Gasteiger partial charge on any atom is -0.444 e. The lowest BCUT2D eigenvalue weighted by Crippen LogP contribution is -2.52. The van der Waals surface area contributed by atoms with E-state index in [1.54, 1.807) is 27.7 Å². The standard InChI is InChI=1S/C21H29N5O3/c1-21(2,3)29-20(28)24(4)16-9-7-13-25(15-16)19(27)23-17-10-5-6-11-18(17)26-14-8-12-22-26/h5-6,8,10-12,14,16H,7,9,13,15H2,1-4H3,(H,23,27). The van der Waals surface area contributed by atoms with E-state index < -0.39 is 5.60 Å². The first-order chi connectivity index (χ1) is 13.7. The Morgan fingerprint density at radius 2 is 2.00 bits per heavy atom. The van der Waals surface area contributed by atoms with Gasteiger partial charge in [-0.2, -0.15) is 5.10 Å². The molecule has 0 saturated carbocycles. The molecule has 3 amide bonds. The highest BCUT2D eigenvalue weighted by molar-refractivity contribution is 5.91.